The quantitative estimate of drug-likeness (QED) is 0.252. The van der Waals surface area contributed by atoms with Crippen molar-refractivity contribution < 1.29 is 45.2 Å². The summed E-state index contributed by atoms with van der Waals surface area (Å²) >= 11 is 0. The SMILES string of the molecule is C/C1=C\C[C@H]2[C@H](C(C)(C)O)CC[C@]2(C)[C@@H](O)/C=C(\CO)CC[C@@H]1COC1O[C@H](CO)[C@@H](O)[C@H](O)[C@H]1O. The maximum absolute atomic E-state index is 11.2. The molecule has 0 amide bonds. The molecule has 1 unspecified atom stereocenters. The van der Waals surface area contributed by atoms with Gasteiger partial charge in [-0.3, -0.25) is 0 Å². The van der Waals surface area contributed by atoms with Gasteiger partial charge in [-0.25, -0.2) is 0 Å². The summed E-state index contributed by atoms with van der Waals surface area (Å²) in [5.41, 5.74) is 0.465. The first-order valence-corrected chi connectivity index (χ1v) is 13.1. The lowest BCUT2D eigenvalue weighted by Gasteiger charge is -2.40. The van der Waals surface area contributed by atoms with E-state index >= 15 is 0 Å². The normalized spacial score (nSPS) is 45.7. The minimum absolute atomic E-state index is 0.0109. The molecule has 1 heterocycles. The van der Waals surface area contributed by atoms with Crippen molar-refractivity contribution in [2.45, 2.75) is 102 Å². The number of hydrogen-bond acceptors (Lipinski definition) is 9. The van der Waals surface area contributed by atoms with E-state index in [0.717, 1.165) is 24.0 Å². The van der Waals surface area contributed by atoms with Crippen LogP contribution < -0.4 is 0 Å². The monoisotopic (exact) mass is 514 g/mol. The van der Waals surface area contributed by atoms with Crippen molar-refractivity contribution in [3.05, 3.63) is 23.3 Å². The van der Waals surface area contributed by atoms with E-state index in [1.807, 2.05) is 20.8 Å². The zero-order chi connectivity index (χ0) is 26.8. The van der Waals surface area contributed by atoms with E-state index in [9.17, 15) is 35.7 Å². The van der Waals surface area contributed by atoms with E-state index in [-0.39, 0.29) is 31.0 Å². The molecule has 0 bridgehead atoms. The zero-order valence-corrected chi connectivity index (χ0v) is 22.0. The van der Waals surface area contributed by atoms with Gasteiger partial charge in [0.1, 0.15) is 24.4 Å². The van der Waals surface area contributed by atoms with Gasteiger partial charge in [-0.1, -0.05) is 24.6 Å². The molecule has 9 heteroatoms. The van der Waals surface area contributed by atoms with Crippen LogP contribution in [0.2, 0.25) is 0 Å². The first kappa shape index (κ1) is 29.7. The van der Waals surface area contributed by atoms with Crippen LogP contribution in [0, 0.1) is 23.2 Å². The Bertz CT molecular complexity index is 789. The third-order valence-electron chi connectivity index (χ3n) is 8.97. The summed E-state index contributed by atoms with van der Waals surface area (Å²) in [5, 5.41) is 72.0. The number of allylic oxidation sites excluding steroid dienone is 1. The summed E-state index contributed by atoms with van der Waals surface area (Å²) in [4.78, 5) is 0. The Balaban J connectivity index is 1.83. The first-order valence-electron chi connectivity index (χ1n) is 13.1. The molecule has 2 fully saturated rings. The van der Waals surface area contributed by atoms with E-state index in [0.29, 0.717) is 19.3 Å². The highest BCUT2D eigenvalue weighted by Gasteiger charge is 2.52. The van der Waals surface area contributed by atoms with Crippen molar-refractivity contribution in [1.29, 1.82) is 0 Å². The molecule has 0 radical (unpaired) electrons. The lowest BCUT2D eigenvalue weighted by Crippen LogP contribution is -2.59. The van der Waals surface area contributed by atoms with E-state index < -0.39 is 54.4 Å². The van der Waals surface area contributed by atoms with Crippen molar-refractivity contribution in [3.63, 3.8) is 0 Å². The Labute approximate surface area is 214 Å². The Kier molecular flexibility index (Phi) is 9.80. The Hall–Kier alpha value is -0.880. The lowest BCUT2D eigenvalue weighted by atomic mass is 9.68. The fraction of sp³-hybridized carbons (Fsp3) is 0.852. The van der Waals surface area contributed by atoms with Gasteiger partial charge < -0.3 is 45.2 Å². The molecule has 0 aromatic carbocycles. The predicted molar refractivity (Wildman–Crippen MR) is 133 cm³/mol. The van der Waals surface area contributed by atoms with Crippen LogP contribution in [-0.4, -0.2) is 98.0 Å². The second kappa shape index (κ2) is 11.9. The van der Waals surface area contributed by atoms with Gasteiger partial charge in [-0.15, -0.1) is 0 Å². The Morgan fingerprint density at radius 3 is 2.39 bits per heavy atom. The third-order valence-corrected chi connectivity index (χ3v) is 8.97. The van der Waals surface area contributed by atoms with Crippen molar-refractivity contribution in [2.75, 3.05) is 19.8 Å². The molecule has 0 spiro atoms. The molecule has 1 saturated heterocycles. The molecular weight excluding hydrogens is 468 g/mol. The summed E-state index contributed by atoms with van der Waals surface area (Å²) in [6.45, 7) is 7.18. The number of fused-ring (bicyclic) bond motifs is 1. The van der Waals surface area contributed by atoms with Crippen LogP contribution in [-0.2, 0) is 9.47 Å². The molecule has 1 saturated carbocycles. The van der Waals surface area contributed by atoms with Gasteiger partial charge in [-0.2, -0.15) is 0 Å². The first-order chi connectivity index (χ1) is 16.8. The highest BCUT2D eigenvalue weighted by Crippen LogP contribution is 2.54. The van der Waals surface area contributed by atoms with Crippen molar-refractivity contribution in [2.24, 2.45) is 23.2 Å². The van der Waals surface area contributed by atoms with Gasteiger partial charge in [-0.05, 0) is 70.3 Å². The van der Waals surface area contributed by atoms with Crippen LogP contribution in [0.25, 0.3) is 0 Å². The molecule has 1 aliphatic heterocycles. The fourth-order valence-corrected chi connectivity index (χ4v) is 6.29. The largest absolute Gasteiger partial charge is 0.394 e. The summed E-state index contributed by atoms with van der Waals surface area (Å²) in [7, 11) is 0. The van der Waals surface area contributed by atoms with E-state index in [1.54, 1.807) is 6.08 Å². The molecule has 9 nitrogen and oxygen atoms in total. The number of aliphatic hydroxyl groups excluding tert-OH is 6. The molecule has 0 aromatic rings. The molecule has 3 aliphatic rings. The van der Waals surface area contributed by atoms with E-state index in [1.165, 1.54) is 0 Å². The highest BCUT2D eigenvalue weighted by atomic mass is 16.7. The van der Waals surface area contributed by atoms with Gasteiger partial charge in [0.2, 0.25) is 0 Å². The standard InChI is InChI=1S/C27H46O9/c1-15-5-8-19-18(26(2,3)34)9-10-27(19,4)21(30)11-16(12-28)6-7-17(15)14-35-25-24(33)23(32)22(31)20(13-29)36-25/h5,11,17-25,28-34H,6-10,12-14H2,1-4H3/b15-5+,16-11-/t17-,18-,19+,20-,21+,22-,23+,24-,25?,27+/m1/s1. The summed E-state index contributed by atoms with van der Waals surface area (Å²) < 4.78 is 11.4. The van der Waals surface area contributed by atoms with Crippen molar-refractivity contribution in [1.82, 2.24) is 0 Å². The van der Waals surface area contributed by atoms with Crippen LogP contribution >= 0.6 is 0 Å². The highest BCUT2D eigenvalue weighted by molar-refractivity contribution is 5.17. The van der Waals surface area contributed by atoms with Crippen molar-refractivity contribution in [3.8, 4) is 0 Å². The molecule has 3 rings (SSSR count). The Morgan fingerprint density at radius 1 is 1.08 bits per heavy atom. The van der Waals surface area contributed by atoms with Gasteiger partial charge in [0, 0.05) is 11.3 Å². The number of hydrogen-bond donors (Lipinski definition) is 7. The second-order valence-electron chi connectivity index (χ2n) is 11.8. The van der Waals surface area contributed by atoms with Crippen molar-refractivity contribution >= 4 is 0 Å². The van der Waals surface area contributed by atoms with Gasteiger partial charge in [0.25, 0.3) is 0 Å². The van der Waals surface area contributed by atoms with Gasteiger partial charge in [0.15, 0.2) is 6.29 Å². The maximum atomic E-state index is 11.2. The summed E-state index contributed by atoms with van der Waals surface area (Å²) in [6.07, 6.45) is -0.0795. The van der Waals surface area contributed by atoms with Gasteiger partial charge >= 0.3 is 0 Å². The average Bonchev–Trinajstić information content (AvgIpc) is 3.18. The fourth-order valence-electron chi connectivity index (χ4n) is 6.29. The predicted octanol–water partition coefficient (Wildman–Crippen LogP) is 0.632. The minimum atomic E-state index is -1.51. The third kappa shape index (κ3) is 6.22. The second-order valence-corrected chi connectivity index (χ2v) is 11.8. The van der Waals surface area contributed by atoms with Gasteiger partial charge in [0.05, 0.1) is 31.5 Å². The average molecular weight is 515 g/mol. The van der Waals surface area contributed by atoms with Crippen LogP contribution in [0.5, 0.6) is 0 Å². The van der Waals surface area contributed by atoms with Crippen LogP contribution in [0.3, 0.4) is 0 Å². The molecule has 10 atom stereocenters. The summed E-state index contributed by atoms with van der Waals surface area (Å²) in [5.74, 6) is -0.0590. The van der Waals surface area contributed by atoms with Crippen LogP contribution in [0.4, 0.5) is 0 Å². The number of aliphatic hydroxyl groups is 7. The molecule has 36 heavy (non-hydrogen) atoms. The van der Waals surface area contributed by atoms with Crippen LogP contribution in [0.1, 0.15) is 59.8 Å². The molecule has 0 aromatic heterocycles. The van der Waals surface area contributed by atoms with Crippen LogP contribution in [0.15, 0.2) is 23.3 Å². The minimum Gasteiger partial charge on any atom is -0.394 e. The zero-order valence-electron chi connectivity index (χ0n) is 22.0. The molecular formula is C27H46O9. The lowest BCUT2D eigenvalue weighted by molar-refractivity contribution is -0.302. The molecule has 2 aliphatic carbocycles. The van der Waals surface area contributed by atoms with E-state index in [2.05, 4.69) is 13.0 Å². The maximum Gasteiger partial charge on any atom is 0.186 e. The molecule has 7 N–H and O–H groups in total. The van der Waals surface area contributed by atoms with E-state index in [4.69, 9.17) is 9.47 Å². The number of ether oxygens (including phenoxy) is 2. The molecule has 208 valence electrons. The topological polar surface area (TPSA) is 160 Å². The smallest absolute Gasteiger partial charge is 0.186 e. The summed E-state index contributed by atoms with van der Waals surface area (Å²) in [6, 6.07) is 0. The number of rotatable bonds is 6. The Morgan fingerprint density at radius 2 is 1.78 bits per heavy atom.